The van der Waals surface area contributed by atoms with E-state index in [1.165, 1.54) is 6.92 Å². The van der Waals surface area contributed by atoms with Crippen molar-refractivity contribution in [3.63, 3.8) is 0 Å². The third kappa shape index (κ3) is 3.07. The van der Waals surface area contributed by atoms with Crippen LogP contribution in [0, 0.1) is 0 Å². The number of nitrogens with one attached hydrogen (secondary N) is 2. The summed E-state index contributed by atoms with van der Waals surface area (Å²) >= 11 is 0. The summed E-state index contributed by atoms with van der Waals surface area (Å²) in [6, 6.07) is 7.33. The van der Waals surface area contributed by atoms with Crippen molar-refractivity contribution < 1.29 is 9.59 Å². The summed E-state index contributed by atoms with van der Waals surface area (Å²) in [5, 5.41) is 5.50. The van der Waals surface area contributed by atoms with Crippen molar-refractivity contribution in [2.45, 2.75) is 31.8 Å². The molecule has 2 rings (SSSR count). The first-order valence-corrected chi connectivity index (χ1v) is 5.93. The van der Waals surface area contributed by atoms with Gasteiger partial charge in [0.1, 0.15) is 0 Å². The number of benzene rings is 1. The van der Waals surface area contributed by atoms with Gasteiger partial charge in [0, 0.05) is 19.2 Å². The first-order chi connectivity index (χ1) is 8.49. The molecule has 0 unspecified atom stereocenters. The monoisotopic (exact) mass is 247 g/mol. The van der Waals surface area contributed by atoms with E-state index in [4.69, 9.17) is 5.73 Å². The Labute approximate surface area is 106 Å². The minimum Gasteiger partial charge on any atom is -0.350 e. The summed E-state index contributed by atoms with van der Waals surface area (Å²) in [5.74, 6) is -0.191. The van der Waals surface area contributed by atoms with Gasteiger partial charge < -0.3 is 16.4 Å². The molecule has 1 saturated carbocycles. The quantitative estimate of drug-likeness (QED) is 0.734. The molecular formula is C13H17N3O2. The number of amides is 2. The number of hydrogen-bond donors (Lipinski definition) is 3. The first kappa shape index (κ1) is 12.6. The lowest BCUT2D eigenvalue weighted by molar-refractivity contribution is -0.123. The van der Waals surface area contributed by atoms with E-state index < -0.39 is 5.54 Å². The predicted octanol–water partition coefficient (Wildman–Crippen LogP) is 0.752. The third-order valence-electron chi connectivity index (χ3n) is 2.97. The van der Waals surface area contributed by atoms with Gasteiger partial charge in [-0.2, -0.15) is 0 Å². The molecule has 0 atom stereocenters. The lowest BCUT2D eigenvalue weighted by Crippen LogP contribution is -2.42. The van der Waals surface area contributed by atoms with Crippen molar-refractivity contribution in [3.8, 4) is 0 Å². The van der Waals surface area contributed by atoms with Crippen LogP contribution in [-0.4, -0.2) is 17.4 Å². The molecule has 1 aliphatic rings. The van der Waals surface area contributed by atoms with E-state index in [9.17, 15) is 9.59 Å². The van der Waals surface area contributed by atoms with Crippen molar-refractivity contribution in [1.29, 1.82) is 0 Å². The fourth-order valence-electron chi connectivity index (χ4n) is 1.63. The number of carbonyl (C=O) groups is 2. The van der Waals surface area contributed by atoms with Crippen LogP contribution < -0.4 is 16.4 Å². The Morgan fingerprint density at radius 2 is 1.89 bits per heavy atom. The number of anilines is 1. The van der Waals surface area contributed by atoms with Gasteiger partial charge in [-0.25, -0.2) is 0 Å². The smallest absolute Gasteiger partial charge is 0.240 e. The highest BCUT2D eigenvalue weighted by molar-refractivity contribution is 5.89. The number of carbonyl (C=O) groups excluding carboxylic acids is 2. The van der Waals surface area contributed by atoms with Crippen LogP contribution in [0.1, 0.15) is 25.3 Å². The molecule has 0 saturated heterocycles. The summed E-state index contributed by atoms with van der Waals surface area (Å²) in [4.78, 5) is 22.5. The van der Waals surface area contributed by atoms with E-state index in [-0.39, 0.29) is 11.8 Å². The molecule has 0 bridgehead atoms. The van der Waals surface area contributed by atoms with E-state index in [0.717, 1.165) is 24.1 Å². The number of rotatable bonds is 4. The van der Waals surface area contributed by atoms with Crippen molar-refractivity contribution in [2.24, 2.45) is 5.73 Å². The Bertz CT molecular complexity index is 464. The van der Waals surface area contributed by atoms with Crippen LogP contribution in [0.4, 0.5) is 5.69 Å². The molecule has 0 aliphatic heterocycles. The SMILES string of the molecule is CC(=O)Nc1ccc(CNC(=O)C2(N)CC2)cc1. The summed E-state index contributed by atoms with van der Waals surface area (Å²) in [6.07, 6.45) is 1.53. The third-order valence-corrected chi connectivity index (χ3v) is 2.97. The molecule has 5 heteroatoms. The fraction of sp³-hybridized carbons (Fsp3) is 0.385. The van der Waals surface area contributed by atoms with Gasteiger partial charge in [-0.15, -0.1) is 0 Å². The Kier molecular flexibility index (Phi) is 3.34. The van der Waals surface area contributed by atoms with Gasteiger partial charge in [-0.1, -0.05) is 12.1 Å². The zero-order chi connectivity index (χ0) is 13.2. The van der Waals surface area contributed by atoms with Gasteiger partial charge in [0.25, 0.3) is 0 Å². The van der Waals surface area contributed by atoms with E-state index in [1.54, 1.807) is 12.1 Å². The van der Waals surface area contributed by atoms with E-state index in [0.29, 0.717) is 6.54 Å². The van der Waals surface area contributed by atoms with Crippen LogP contribution in [0.3, 0.4) is 0 Å². The van der Waals surface area contributed by atoms with Crippen LogP contribution >= 0.6 is 0 Å². The van der Waals surface area contributed by atoms with Gasteiger partial charge in [0.05, 0.1) is 5.54 Å². The van der Waals surface area contributed by atoms with Crippen LogP contribution in [0.25, 0.3) is 0 Å². The number of hydrogen-bond acceptors (Lipinski definition) is 3. The minimum absolute atomic E-state index is 0.0894. The molecular weight excluding hydrogens is 230 g/mol. The Morgan fingerprint density at radius 3 is 2.39 bits per heavy atom. The molecule has 1 aromatic rings. The van der Waals surface area contributed by atoms with Crippen molar-refractivity contribution in [3.05, 3.63) is 29.8 Å². The van der Waals surface area contributed by atoms with Crippen LogP contribution in [0.15, 0.2) is 24.3 Å². The zero-order valence-electron chi connectivity index (χ0n) is 10.3. The van der Waals surface area contributed by atoms with Gasteiger partial charge in [-0.3, -0.25) is 9.59 Å². The maximum absolute atomic E-state index is 11.6. The summed E-state index contributed by atoms with van der Waals surface area (Å²) in [7, 11) is 0. The second-order valence-corrected chi connectivity index (χ2v) is 4.72. The predicted molar refractivity (Wildman–Crippen MR) is 68.7 cm³/mol. The lowest BCUT2D eigenvalue weighted by atomic mass is 10.2. The summed E-state index contributed by atoms with van der Waals surface area (Å²) in [5.41, 5.74) is 6.86. The Hall–Kier alpha value is -1.88. The average molecular weight is 247 g/mol. The van der Waals surface area contributed by atoms with E-state index in [2.05, 4.69) is 10.6 Å². The second kappa shape index (κ2) is 4.78. The lowest BCUT2D eigenvalue weighted by Gasteiger charge is -2.10. The molecule has 0 aromatic heterocycles. The molecule has 0 spiro atoms. The average Bonchev–Trinajstić information content (AvgIpc) is 3.07. The molecule has 1 fully saturated rings. The summed E-state index contributed by atoms with van der Waals surface area (Å²) < 4.78 is 0. The number of nitrogens with two attached hydrogens (primary N) is 1. The highest BCUT2D eigenvalue weighted by Crippen LogP contribution is 2.32. The van der Waals surface area contributed by atoms with E-state index >= 15 is 0 Å². The molecule has 18 heavy (non-hydrogen) atoms. The zero-order valence-corrected chi connectivity index (χ0v) is 10.3. The topological polar surface area (TPSA) is 84.2 Å². The molecule has 0 heterocycles. The minimum atomic E-state index is -0.629. The van der Waals surface area contributed by atoms with Crippen molar-refractivity contribution in [1.82, 2.24) is 5.32 Å². The normalized spacial score (nSPS) is 15.9. The van der Waals surface area contributed by atoms with Crippen molar-refractivity contribution >= 4 is 17.5 Å². The molecule has 96 valence electrons. The van der Waals surface area contributed by atoms with Crippen LogP contribution in [0.5, 0.6) is 0 Å². The summed E-state index contributed by atoms with van der Waals surface area (Å²) in [6.45, 7) is 1.92. The molecule has 0 radical (unpaired) electrons. The molecule has 5 nitrogen and oxygen atoms in total. The van der Waals surface area contributed by atoms with Gasteiger partial charge in [-0.05, 0) is 30.5 Å². The van der Waals surface area contributed by atoms with Crippen LogP contribution in [-0.2, 0) is 16.1 Å². The Morgan fingerprint density at radius 1 is 1.28 bits per heavy atom. The van der Waals surface area contributed by atoms with Gasteiger partial charge in [0.2, 0.25) is 11.8 Å². The Balaban J connectivity index is 1.86. The maximum Gasteiger partial charge on any atom is 0.240 e. The molecule has 2 amide bonds. The molecule has 1 aliphatic carbocycles. The van der Waals surface area contributed by atoms with Gasteiger partial charge >= 0.3 is 0 Å². The van der Waals surface area contributed by atoms with Crippen molar-refractivity contribution in [2.75, 3.05) is 5.32 Å². The highest BCUT2D eigenvalue weighted by atomic mass is 16.2. The first-order valence-electron chi connectivity index (χ1n) is 5.93. The fourth-order valence-corrected chi connectivity index (χ4v) is 1.63. The maximum atomic E-state index is 11.6. The highest BCUT2D eigenvalue weighted by Gasteiger charge is 2.45. The second-order valence-electron chi connectivity index (χ2n) is 4.72. The van der Waals surface area contributed by atoms with Gasteiger partial charge in [0.15, 0.2) is 0 Å². The van der Waals surface area contributed by atoms with Crippen LogP contribution in [0.2, 0.25) is 0 Å². The molecule has 1 aromatic carbocycles. The largest absolute Gasteiger partial charge is 0.350 e. The standard InChI is InChI=1S/C13H17N3O2/c1-9(17)16-11-4-2-10(3-5-11)8-15-12(18)13(14)6-7-13/h2-5H,6-8,14H2,1H3,(H,15,18)(H,16,17). The van der Waals surface area contributed by atoms with E-state index in [1.807, 2.05) is 12.1 Å². The molecule has 4 N–H and O–H groups in total.